The van der Waals surface area contributed by atoms with Crippen LogP contribution in [0.15, 0.2) is 0 Å². The highest BCUT2D eigenvalue weighted by molar-refractivity contribution is 5.82. The molecule has 3 fully saturated rings. The Morgan fingerprint density at radius 1 is 1.24 bits per heavy atom. The summed E-state index contributed by atoms with van der Waals surface area (Å²) in [7, 11) is 0. The molecular weight excluding hydrogens is 220 g/mol. The fourth-order valence-corrected chi connectivity index (χ4v) is 2.75. The van der Waals surface area contributed by atoms with Crippen molar-refractivity contribution < 1.29 is 14.3 Å². The molecule has 5 heteroatoms. The van der Waals surface area contributed by atoms with Gasteiger partial charge in [0.2, 0.25) is 5.91 Å². The van der Waals surface area contributed by atoms with Gasteiger partial charge in [-0.3, -0.25) is 9.69 Å². The number of epoxide rings is 1. The summed E-state index contributed by atoms with van der Waals surface area (Å²) in [4.78, 5) is 16.7. The third kappa shape index (κ3) is 2.61. The van der Waals surface area contributed by atoms with E-state index in [-0.39, 0.29) is 6.04 Å². The first-order chi connectivity index (χ1) is 8.34. The van der Waals surface area contributed by atoms with Crippen LogP contribution < -0.4 is 0 Å². The normalized spacial score (nSPS) is 34.0. The molecular formula is C12H20N2O3. The van der Waals surface area contributed by atoms with Crippen molar-refractivity contribution in [3.63, 3.8) is 0 Å². The standard InChI is InChI=1S/C12H20N2O3/c15-12(13-4-6-16-7-5-13)11-2-1-3-14(11)8-10-9-17-10/h10-11H,1-9H2/t10-,11+/m1/s1. The van der Waals surface area contributed by atoms with Crippen LogP contribution in [0.3, 0.4) is 0 Å². The van der Waals surface area contributed by atoms with Gasteiger partial charge >= 0.3 is 0 Å². The van der Waals surface area contributed by atoms with Crippen LogP contribution in [0.1, 0.15) is 12.8 Å². The third-order valence-corrected chi connectivity index (χ3v) is 3.81. The highest BCUT2D eigenvalue weighted by Crippen LogP contribution is 2.23. The van der Waals surface area contributed by atoms with E-state index in [1.807, 2.05) is 4.90 Å². The average molecular weight is 240 g/mol. The van der Waals surface area contributed by atoms with Crippen molar-refractivity contribution >= 4 is 5.91 Å². The molecule has 0 aromatic rings. The van der Waals surface area contributed by atoms with Gasteiger partial charge in [-0.05, 0) is 19.4 Å². The van der Waals surface area contributed by atoms with Crippen molar-refractivity contribution in [3.05, 3.63) is 0 Å². The van der Waals surface area contributed by atoms with Crippen LogP contribution in [-0.4, -0.2) is 73.9 Å². The van der Waals surface area contributed by atoms with Crippen molar-refractivity contribution in [1.29, 1.82) is 0 Å². The Labute approximate surface area is 102 Å². The number of ether oxygens (including phenoxy) is 2. The largest absolute Gasteiger partial charge is 0.378 e. The number of amides is 1. The SMILES string of the molecule is O=C([C@@H]1CCCN1C[C@@H]1CO1)N1CCOCC1. The molecule has 17 heavy (non-hydrogen) atoms. The zero-order valence-corrected chi connectivity index (χ0v) is 10.1. The lowest BCUT2D eigenvalue weighted by molar-refractivity contribution is -0.140. The van der Waals surface area contributed by atoms with Crippen LogP contribution in [0.25, 0.3) is 0 Å². The quantitative estimate of drug-likeness (QED) is 0.636. The summed E-state index contributed by atoms with van der Waals surface area (Å²) in [5.74, 6) is 0.298. The first-order valence-electron chi connectivity index (χ1n) is 6.57. The van der Waals surface area contributed by atoms with Crippen LogP contribution in [0.5, 0.6) is 0 Å². The number of hydrogen-bond acceptors (Lipinski definition) is 4. The fourth-order valence-electron chi connectivity index (χ4n) is 2.75. The second-order valence-electron chi connectivity index (χ2n) is 5.05. The molecule has 0 aromatic heterocycles. The van der Waals surface area contributed by atoms with E-state index in [9.17, 15) is 4.79 Å². The number of likely N-dealkylation sites (tertiary alicyclic amines) is 1. The lowest BCUT2D eigenvalue weighted by Gasteiger charge is -2.32. The molecule has 0 bridgehead atoms. The van der Waals surface area contributed by atoms with E-state index in [4.69, 9.17) is 9.47 Å². The van der Waals surface area contributed by atoms with Gasteiger partial charge in [-0.15, -0.1) is 0 Å². The van der Waals surface area contributed by atoms with Gasteiger partial charge in [-0.25, -0.2) is 0 Å². The van der Waals surface area contributed by atoms with Gasteiger partial charge in [0.1, 0.15) is 0 Å². The summed E-state index contributed by atoms with van der Waals surface area (Å²) in [5, 5.41) is 0. The summed E-state index contributed by atoms with van der Waals surface area (Å²) in [6.45, 7) is 5.72. The third-order valence-electron chi connectivity index (χ3n) is 3.81. The summed E-state index contributed by atoms with van der Waals surface area (Å²) < 4.78 is 10.5. The molecule has 1 amide bonds. The average Bonchev–Trinajstić information content (AvgIpc) is 3.06. The van der Waals surface area contributed by atoms with Crippen LogP contribution in [0.4, 0.5) is 0 Å². The molecule has 0 aromatic carbocycles. The summed E-state index contributed by atoms with van der Waals surface area (Å²) in [6.07, 6.45) is 2.52. The van der Waals surface area contributed by atoms with Crippen molar-refractivity contribution in [1.82, 2.24) is 9.80 Å². The maximum atomic E-state index is 12.4. The van der Waals surface area contributed by atoms with Crippen LogP contribution in [-0.2, 0) is 14.3 Å². The van der Waals surface area contributed by atoms with Gasteiger partial charge in [0.05, 0.1) is 32.0 Å². The molecule has 3 rings (SSSR count). The highest BCUT2D eigenvalue weighted by Gasteiger charge is 2.37. The number of nitrogens with zero attached hydrogens (tertiary/aromatic N) is 2. The molecule has 3 aliphatic heterocycles. The Bertz CT molecular complexity index is 287. The molecule has 3 saturated heterocycles. The number of carbonyl (C=O) groups excluding carboxylic acids is 1. The number of carbonyl (C=O) groups is 1. The molecule has 5 nitrogen and oxygen atoms in total. The van der Waals surface area contributed by atoms with Gasteiger partial charge in [-0.1, -0.05) is 0 Å². The second kappa shape index (κ2) is 4.92. The Morgan fingerprint density at radius 3 is 2.71 bits per heavy atom. The van der Waals surface area contributed by atoms with Gasteiger partial charge < -0.3 is 14.4 Å². The van der Waals surface area contributed by atoms with Crippen LogP contribution in [0, 0.1) is 0 Å². The Hall–Kier alpha value is -0.650. The zero-order chi connectivity index (χ0) is 11.7. The first kappa shape index (κ1) is 11.4. The smallest absolute Gasteiger partial charge is 0.240 e. The van der Waals surface area contributed by atoms with E-state index in [2.05, 4.69) is 4.90 Å². The van der Waals surface area contributed by atoms with Crippen molar-refractivity contribution in [2.75, 3.05) is 46.0 Å². The van der Waals surface area contributed by atoms with Gasteiger partial charge in [-0.2, -0.15) is 0 Å². The lowest BCUT2D eigenvalue weighted by Crippen LogP contribution is -2.50. The topological polar surface area (TPSA) is 45.3 Å². The molecule has 2 atom stereocenters. The number of rotatable bonds is 3. The fraction of sp³-hybridized carbons (Fsp3) is 0.917. The molecule has 3 heterocycles. The van der Waals surface area contributed by atoms with E-state index in [0.717, 1.165) is 45.6 Å². The molecule has 0 saturated carbocycles. The van der Waals surface area contributed by atoms with Gasteiger partial charge in [0.25, 0.3) is 0 Å². The highest BCUT2D eigenvalue weighted by atomic mass is 16.6. The molecule has 0 aliphatic carbocycles. The van der Waals surface area contributed by atoms with Crippen molar-refractivity contribution in [2.45, 2.75) is 25.0 Å². The predicted octanol–water partition coefficient (Wildman–Crippen LogP) is -0.292. The molecule has 3 aliphatic rings. The van der Waals surface area contributed by atoms with Crippen molar-refractivity contribution in [3.8, 4) is 0 Å². The van der Waals surface area contributed by atoms with Crippen LogP contribution >= 0.6 is 0 Å². The maximum Gasteiger partial charge on any atom is 0.240 e. The van der Waals surface area contributed by atoms with Gasteiger partial charge in [0, 0.05) is 19.6 Å². The lowest BCUT2D eigenvalue weighted by atomic mass is 10.2. The minimum absolute atomic E-state index is 0.0947. The Balaban J connectivity index is 1.58. The first-order valence-corrected chi connectivity index (χ1v) is 6.57. The Morgan fingerprint density at radius 2 is 2.00 bits per heavy atom. The van der Waals surface area contributed by atoms with Crippen molar-refractivity contribution in [2.24, 2.45) is 0 Å². The molecule has 0 spiro atoms. The van der Waals surface area contributed by atoms with Gasteiger partial charge in [0.15, 0.2) is 0 Å². The zero-order valence-electron chi connectivity index (χ0n) is 10.1. The molecule has 96 valence electrons. The number of morpholine rings is 1. The van der Waals surface area contributed by atoms with Crippen LogP contribution in [0.2, 0.25) is 0 Å². The Kier molecular flexibility index (Phi) is 3.31. The monoisotopic (exact) mass is 240 g/mol. The minimum atomic E-state index is 0.0947. The second-order valence-corrected chi connectivity index (χ2v) is 5.05. The van der Waals surface area contributed by atoms with E-state index in [1.54, 1.807) is 0 Å². The minimum Gasteiger partial charge on any atom is -0.378 e. The summed E-state index contributed by atoms with van der Waals surface area (Å²) in [5.41, 5.74) is 0. The summed E-state index contributed by atoms with van der Waals surface area (Å²) in [6, 6.07) is 0.0947. The van der Waals surface area contributed by atoms with E-state index < -0.39 is 0 Å². The predicted molar refractivity (Wildman–Crippen MR) is 61.7 cm³/mol. The number of hydrogen-bond donors (Lipinski definition) is 0. The summed E-state index contributed by atoms with van der Waals surface area (Å²) >= 11 is 0. The van der Waals surface area contributed by atoms with E-state index in [1.165, 1.54) is 0 Å². The van der Waals surface area contributed by atoms with E-state index in [0.29, 0.717) is 25.2 Å². The molecule has 0 unspecified atom stereocenters. The molecule has 0 radical (unpaired) electrons. The maximum absolute atomic E-state index is 12.4. The molecule has 0 N–H and O–H groups in total. The van der Waals surface area contributed by atoms with E-state index >= 15 is 0 Å².